The maximum absolute atomic E-state index is 13.8. The fourth-order valence-corrected chi connectivity index (χ4v) is 4.49. The van der Waals surface area contributed by atoms with Crippen molar-refractivity contribution < 1.29 is 33.3 Å². The third-order valence-corrected chi connectivity index (χ3v) is 6.33. The van der Waals surface area contributed by atoms with Crippen LogP contribution in [0.25, 0.3) is 0 Å². The molecule has 0 radical (unpaired) electrons. The van der Waals surface area contributed by atoms with Crippen LogP contribution in [-0.2, 0) is 6.54 Å². The number of nitrogens with zero attached hydrogens (tertiary/aromatic N) is 3. The number of carbonyl (C=O) groups is 2. The minimum absolute atomic E-state index is 0.0378. The normalized spacial score (nSPS) is 16.2. The molecule has 1 fully saturated rings. The number of carbonyl (C=O) groups excluding carboxylic acids is 2. The minimum Gasteiger partial charge on any atom is -0.502 e. The first-order chi connectivity index (χ1) is 16.1. The van der Waals surface area contributed by atoms with Crippen molar-refractivity contribution in [2.75, 3.05) is 19.1 Å². The number of fused-ring (bicyclic) bond motifs is 1. The van der Waals surface area contributed by atoms with Gasteiger partial charge in [-0.05, 0) is 31.7 Å². The largest absolute Gasteiger partial charge is 0.502 e. The zero-order valence-electron chi connectivity index (χ0n) is 18.5. The minimum atomic E-state index is -0.999. The van der Waals surface area contributed by atoms with E-state index in [0.29, 0.717) is 18.9 Å². The van der Waals surface area contributed by atoms with Gasteiger partial charge in [0.1, 0.15) is 31.9 Å². The van der Waals surface area contributed by atoms with E-state index in [2.05, 4.69) is 5.32 Å². The molecule has 1 aromatic carbocycles. The molecule has 1 saturated carbocycles. The molecule has 13 heteroatoms. The highest BCUT2D eigenvalue weighted by Crippen LogP contribution is 2.40. The highest BCUT2D eigenvalue weighted by molar-refractivity contribution is 7.23. The lowest BCUT2D eigenvalue weighted by atomic mass is 10.0. The fourth-order valence-electron chi connectivity index (χ4n) is 4.49. The number of aromatic hydroxyl groups is 1. The fraction of sp³-hybridized carbons (Fsp3) is 0.381. The maximum atomic E-state index is 13.8. The van der Waals surface area contributed by atoms with Crippen molar-refractivity contribution in [2.24, 2.45) is 0 Å². The highest BCUT2D eigenvalue weighted by Gasteiger charge is 2.49. The zero-order chi connectivity index (χ0) is 25.2. The molecule has 2 aromatic rings. The van der Waals surface area contributed by atoms with Crippen molar-refractivity contribution in [3.05, 3.63) is 63.1 Å². The van der Waals surface area contributed by atoms with E-state index >= 15 is 0 Å². The lowest BCUT2D eigenvalue weighted by Crippen LogP contribution is -2.67. The highest BCUT2D eigenvalue weighted by atomic mass is 31.1. The second-order valence-electron chi connectivity index (χ2n) is 8.01. The van der Waals surface area contributed by atoms with Gasteiger partial charge >= 0.3 is 0 Å². The summed E-state index contributed by atoms with van der Waals surface area (Å²) >= 11 is 0. The van der Waals surface area contributed by atoms with Gasteiger partial charge in [0.05, 0.1) is 0 Å². The molecule has 34 heavy (non-hydrogen) atoms. The molecule has 184 valence electrons. The van der Waals surface area contributed by atoms with E-state index < -0.39 is 49.3 Å². The molecule has 4 N–H and O–H groups in total. The number of rotatable bonds is 3. The molecule has 2 aliphatic rings. The van der Waals surface area contributed by atoms with Gasteiger partial charge in [-0.15, -0.1) is 0 Å². The second kappa shape index (κ2) is 10.0. The maximum Gasteiger partial charge on any atom is 0.278 e. The lowest BCUT2D eigenvalue weighted by molar-refractivity contribution is 0.0404. The first-order valence-electron chi connectivity index (χ1n) is 10.3. The van der Waals surface area contributed by atoms with Crippen LogP contribution in [-0.4, -0.2) is 56.0 Å². The van der Waals surface area contributed by atoms with Crippen molar-refractivity contribution in [3.8, 4) is 5.75 Å². The summed E-state index contributed by atoms with van der Waals surface area (Å²) in [6, 6.07) is 2.94. The van der Waals surface area contributed by atoms with Crippen molar-refractivity contribution in [1.82, 2.24) is 14.9 Å². The van der Waals surface area contributed by atoms with Crippen molar-refractivity contribution in [3.63, 3.8) is 0 Å². The molecular formula is C21H25F2N4O6P. The quantitative estimate of drug-likeness (QED) is 0.467. The Morgan fingerprint density at radius 1 is 1.18 bits per heavy atom. The zero-order valence-corrected chi connectivity index (χ0v) is 19.5. The Hall–Kier alpha value is -3.08. The van der Waals surface area contributed by atoms with Crippen molar-refractivity contribution in [1.29, 1.82) is 0 Å². The molecule has 1 aliphatic carbocycles. The third kappa shape index (κ3) is 4.36. The Bertz CT molecular complexity index is 1170. The van der Waals surface area contributed by atoms with Crippen LogP contribution in [0.15, 0.2) is 29.2 Å². The number of pyridine rings is 1. The first kappa shape index (κ1) is 25.5. The second-order valence-corrected chi connectivity index (χ2v) is 8.21. The van der Waals surface area contributed by atoms with Crippen LogP contribution in [0.3, 0.4) is 0 Å². The molecule has 1 spiro atoms. The summed E-state index contributed by atoms with van der Waals surface area (Å²) in [6.07, 6.45) is 4.48. The Morgan fingerprint density at radius 2 is 1.79 bits per heavy atom. The summed E-state index contributed by atoms with van der Waals surface area (Å²) in [5, 5.41) is 14.6. The number of benzene rings is 1. The van der Waals surface area contributed by atoms with E-state index in [9.17, 15) is 28.3 Å². The Kier molecular flexibility index (Phi) is 7.54. The summed E-state index contributed by atoms with van der Waals surface area (Å²) in [4.78, 5) is 54.1. The molecule has 10 nitrogen and oxygen atoms in total. The van der Waals surface area contributed by atoms with Gasteiger partial charge in [-0.2, -0.15) is 0 Å². The SMILES string of the molecule is CN1C(=O)c2c(O)c(=O)c(C(=O)NCc3ccc(F)cc3F)cn2N(C)C12CCCC2.OPO. The van der Waals surface area contributed by atoms with Crippen molar-refractivity contribution in [2.45, 2.75) is 37.9 Å². The summed E-state index contributed by atoms with van der Waals surface area (Å²) in [5.41, 5.74) is -2.18. The molecule has 4 rings (SSSR count). The first-order valence-corrected chi connectivity index (χ1v) is 11.2. The standard InChI is InChI=1S/C21H22F2N4O4.H3O2P/c1-25-20(31)16-18(29)17(28)14(11-27(16)26(2)21(25)7-3-4-8-21)19(30)24-10-12-5-6-13(22)9-15(12)23;1-3-2/h5-6,9,11,29H,3-4,7-8,10H2,1-2H3,(H,24,30);1-3H. The molecule has 0 atom stereocenters. The Balaban J connectivity index is 0.00000103. The molecule has 2 heterocycles. The van der Waals surface area contributed by atoms with E-state index in [1.807, 2.05) is 0 Å². The van der Waals surface area contributed by atoms with Gasteiger partial charge in [0.15, 0.2) is 11.4 Å². The Labute approximate surface area is 195 Å². The monoisotopic (exact) mass is 498 g/mol. The predicted octanol–water partition coefficient (Wildman–Crippen LogP) is 1.17. The van der Waals surface area contributed by atoms with E-state index in [0.717, 1.165) is 18.9 Å². The number of amides is 2. The molecule has 1 aromatic heterocycles. The van der Waals surface area contributed by atoms with Gasteiger partial charge in [0, 0.05) is 38.5 Å². The molecule has 0 unspecified atom stereocenters. The van der Waals surface area contributed by atoms with Gasteiger partial charge in [0.2, 0.25) is 5.43 Å². The van der Waals surface area contributed by atoms with Gasteiger partial charge in [-0.1, -0.05) is 6.07 Å². The van der Waals surface area contributed by atoms with Crippen LogP contribution < -0.4 is 15.8 Å². The number of hydrogen-bond acceptors (Lipinski definition) is 7. The number of halogens is 2. The number of aromatic nitrogens is 1. The summed E-state index contributed by atoms with van der Waals surface area (Å²) in [5.74, 6) is -3.75. The smallest absolute Gasteiger partial charge is 0.278 e. The van der Waals surface area contributed by atoms with E-state index in [1.165, 1.54) is 21.8 Å². The van der Waals surface area contributed by atoms with Crippen LogP contribution in [0, 0.1) is 11.6 Å². The predicted molar refractivity (Wildman–Crippen MR) is 120 cm³/mol. The van der Waals surface area contributed by atoms with Gasteiger partial charge in [-0.25, -0.2) is 8.78 Å². The van der Waals surface area contributed by atoms with E-state index in [-0.39, 0.29) is 23.4 Å². The number of nitrogens with one attached hydrogen (secondary N) is 1. The Morgan fingerprint density at radius 3 is 2.38 bits per heavy atom. The average Bonchev–Trinajstić information content (AvgIpc) is 3.29. The third-order valence-electron chi connectivity index (χ3n) is 6.33. The molecule has 0 bridgehead atoms. The van der Waals surface area contributed by atoms with Crippen LogP contribution in [0.5, 0.6) is 5.75 Å². The summed E-state index contributed by atoms with van der Waals surface area (Å²) < 4.78 is 28.2. The van der Waals surface area contributed by atoms with Crippen LogP contribution in [0.1, 0.15) is 52.1 Å². The molecule has 2 amide bonds. The average molecular weight is 498 g/mol. The van der Waals surface area contributed by atoms with Gasteiger partial charge in [-0.3, -0.25) is 24.1 Å². The number of hydrogen-bond donors (Lipinski definition) is 4. The van der Waals surface area contributed by atoms with E-state index in [4.69, 9.17) is 9.79 Å². The summed E-state index contributed by atoms with van der Waals surface area (Å²) in [6.45, 7) is -0.283. The van der Waals surface area contributed by atoms with E-state index in [1.54, 1.807) is 19.1 Å². The molecular weight excluding hydrogens is 473 g/mol. The summed E-state index contributed by atoms with van der Waals surface area (Å²) in [7, 11) is 2.45. The van der Waals surface area contributed by atoms with Crippen LogP contribution in [0.4, 0.5) is 8.78 Å². The molecule has 0 saturated heterocycles. The van der Waals surface area contributed by atoms with Gasteiger partial charge in [0.25, 0.3) is 11.8 Å². The van der Waals surface area contributed by atoms with Crippen molar-refractivity contribution >= 4 is 20.8 Å². The van der Waals surface area contributed by atoms with Gasteiger partial charge < -0.3 is 25.1 Å². The molecule has 1 aliphatic heterocycles. The van der Waals surface area contributed by atoms with Crippen LogP contribution >= 0.6 is 9.03 Å². The topological polar surface area (TPSA) is 135 Å². The lowest BCUT2D eigenvalue weighted by Gasteiger charge is -2.51. The van der Waals surface area contributed by atoms with Crippen LogP contribution in [0.2, 0.25) is 0 Å².